The smallest absolute Gasteiger partial charge is 0.248 e. The maximum absolute atomic E-state index is 13.7. The molecule has 0 saturated heterocycles. The number of carbonyl (C=O) groups excluding carboxylic acids is 2. The van der Waals surface area contributed by atoms with Crippen molar-refractivity contribution in [2.45, 2.75) is 38.6 Å². The molecular weight excluding hydrogens is 423 g/mol. The molecule has 8 nitrogen and oxygen atoms in total. The van der Waals surface area contributed by atoms with Gasteiger partial charge in [-0.2, -0.15) is 4.98 Å². The molecule has 0 spiro atoms. The van der Waals surface area contributed by atoms with Gasteiger partial charge in [-0.05, 0) is 50.5 Å². The molecule has 1 aliphatic carbocycles. The molecule has 10 heteroatoms. The van der Waals surface area contributed by atoms with Crippen LogP contribution in [0.1, 0.15) is 32.6 Å². The van der Waals surface area contributed by atoms with E-state index in [-0.39, 0.29) is 34.4 Å². The van der Waals surface area contributed by atoms with Gasteiger partial charge in [0.1, 0.15) is 10.8 Å². The Labute approximate surface area is 184 Å². The van der Waals surface area contributed by atoms with Gasteiger partial charge in [0.2, 0.25) is 17.8 Å². The van der Waals surface area contributed by atoms with Crippen LogP contribution in [0.4, 0.5) is 27.5 Å². The Bertz CT molecular complexity index is 1000. The van der Waals surface area contributed by atoms with E-state index in [1.165, 1.54) is 30.5 Å². The molecule has 2 atom stereocenters. The highest BCUT2D eigenvalue weighted by Gasteiger charge is 2.26. The van der Waals surface area contributed by atoms with Crippen molar-refractivity contribution in [1.29, 1.82) is 0 Å². The predicted octanol–water partition coefficient (Wildman–Crippen LogP) is 3.98. The molecule has 1 fully saturated rings. The lowest BCUT2D eigenvalue weighted by molar-refractivity contribution is -0.122. The van der Waals surface area contributed by atoms with E-state index in [1.807, 2.05) is 0 Å². The Morgan fingerprint density at radius 1 is 1.29 bits per heavy atom. The number of carbonyl (C=O) groups is 2. The quantitative estimate of drug-likeness (QED) is 0.477. The molecule has 1 aromatic carbocycles. The molecule has 1 aromatic heterocycles. The standard InChI is InChI=1S/C21H24ClFN6O2/c1-2-4-18(30)27-17-10-13(23)7-8-16(17)28-20-15(22)11-25-21(29-20)26-14-6-3-5-12(9-14)19(24)31/h2,4,7-8,10-12,14H,3,5-6,9H2,1H3,(H2,24,31)(H,27,30)(H2,25,26,28,29)/b4-2+/t12-,14+/m0/s1. The first kappa shape index (κ1) is 22.5. The van der Waals surface area contributed by atoms with Crippen LogP contribution in [0.15, 0.2) is 36.5 Å². The number of halogens is 2. The summed E-state index contributed by atoms with van der Waals surface area (Å²) < 4.78 is 13.7. The first-order valence-electron chi connectivity index (χ1n) is 9.94. The molecule has 0 radical (unpaired) electrons. The van der Waals surface area contributed by atoms with Crippen LogP contribution in [0.3, 0.4) is 0 Å². The SMILES string of the molecule is C/C=C/C(=O)Nc1cc(F)ccc1Nc1nc(N[C@@H]2CCC[C@H](C(N)=O)C2)ncc1Cl. The van der Waals surface area contributed by atoms with Crippen LogP contribution in [-0.4, -0.2) is 27.8 Å². The lowest BCUT2D eigenvalue weighted by atomic mass is 9.85. The van der Waals surface area contributed by atoms with Gasteiger partial charge < -0.3 is 21.7 Å². The maximum Gasteiger partial charge on any atom is 0.248 e. The molecular formula is C21H24ClFN6O2. The minimum absolute atomic E-state index is 0.0155. The van der Waals surface area contributed by atoms with E-state index in [0.29, 0.717) is 18.1 Å². The number of nitrogens with zero attached hydrogens (tertiary/aromatic N) is 2. The number of nitrogens with two attached hydrogens (primary N) is 1. The number of hydrogen-bond acceptors (Lipinski definition) is 6. The average Bonchev–Trinajstić information content (AvgIpc) is 2.72. The lowest BCUT2D eigenvalue weighted by Gasteiger charge is -2.28. The third-order valence-corrected chi connectivity index (χ3v) is 5.24. The van der Waals surface area contributed by atoms with Gasteiger partial charge in [-0.1, -0.05) is 24.1 Å². The topological polar surface area (TPSA) is 122 Å². The molecule has 31 heavy (non-hydrogen) atoms. The summed E-state index contributed by atoms with van der Waals surface area (Å²) in [5.74, 6) is -0.737. The summed E-state index contributed by atoms with van der Waals surface area (Å²) >= 11 is 6.24. The fourth-order valence-electron chi connectivity index (χ4n) is 3.47. The Hall–Kier alpha value is -3.20. The van der Waals surface area contributed by atoms with E-state index in [9.17, 15) is 14.0 Å². The van der Waals surface area contributed by atoms with Gasteiger partial charge in [-0.15, -0.1) is 0 Å². The van der Waals surface area contributed by atoms with Gasteiger partial charge in [0, 0.05) is 12.0 Å². The summed E-state index contributed by atoms with van der Waals surface area (Å²) in [6.07, 6.45) is 7.51. The van der Waals surface area contributed by atoms with Gasteiger partial charge in [0.05, 0.1) is 17.6 Å². The molecule has 164 valence electrons. The summed E-state index contributed by atoms with van der Waals surface area (Å²) in [5.41, 5.74) is 6.10. The van der Waals surface area contributed by atoms with E-state index >= 15 is 0 Å². The number of aromatic nitrogens is 2. The van der Waals surface area contributed by atoms with Crippen molar-refractivity contribution in [1.82, 2.24) is 9.97 Å². The first-order valence-corrected chi connectivity index (χ1v) is 10.3. The monoisotopic (exact) mass is 446 g/mol. The first-order chi connectivity index (χ1) is 14.9. The molecule has 1 heterocycles. The number of rotatable bonds is 7. The molecule has 0 bridgehead atoms. The number of amides is 2. The number of anilines is 4. The molecule has 0 aliphatic heterocycles. The van der Waals surface area contributed by atoms with E-state index < -0.39 is 11.7 Å². The number of nitrogens with one attached hydrogen (secondary N) is 3. The van der Waals surface area contributed by atoms with E-state index in [2.05, 4.69) is 25.9 Å². The van der Waals surface area contributed by atoms with Crippen LogP contribution < -0.4 is 21.7 Å². The van der Waals surface area contributed by atoms with Gasteiger partial charge >= 0.3 is 0 Å². The molecule has 2 aromatic rings. The van der Waals surface area contributed by atoms with Crippen molar-refractivity contribution >= 4 is 46.6 Å². The summed E-state index contributed by atoms with van der Waals surface area (Å²) in [6.45, 7) is 1.71. The van der Waals surface area contributed by atoms with Crippen molar-refractivity contribution < 1.29 is 14.0 Å². The molecule has 2 amide bonds. The summed E-state index contributed by atoms with van der Waals surface area (Å²) in [5, 5.41) is 9.10. The zero-order valence-electron chi connectivity index (χ0n) is 17.0. The van der Waals surface area contributed by atoms with Gasteiger partial charge in [-0.25, -0.2) is 9.37 Å². The number of allylic oxidation sites excluding steroid dienone is 1. The molecule has 0 unspecified atom stereocenters. The van der Waals surface area contributed by atoms with Crippen LogP contribution in [0, 0.1) is 11.7 Å². The number of hydrogen-bond donors (Lipinski definition) is 4. The molecule has 5 N–H and O–H groups in total. The fourth-order valence-corrected chi connectivity index (χ4v) is 3.61. The minimum Gasteiger partial charge on any atom is -0.369 e. The van der Waals surface area contributed by atoms with Crippen LogP contribution in [0.25, 0.3) is 0 Å². The van der Waals surface area contributed by atoms with Crippen LogP contribution in [-0.2, 0) is 9.59 Å². The molecule has 1 saturated carbocycles. The van der Waals surface area contributed by atoms with Crippen molar-refractivity contribution in [2.24, 2.45) is 11.7 Å². The average molecular weight is 447 g/mol. The van der Waals surface area contributed by atoms with Crippen molar-refractivity contribution in [3.8, 4) is 0 Å². The van der Waals surface area contributed by atoms with E-state index in [1.54, 1.807) is 13.0 Å². The van der Waals surface area contributed by atoms with Crippen molar-refractivity contribution in [3.63, 3.8) is 0 Å². The maximum atomic E-state index is 13.7. The van der Waals surface area contributed by atoms with Crippen molar-refractivity contribution in [3.05, 3.63) is 47.4 Å². The number of primary amides is 1. The number of benzene rings is 1. The normalized spacial score (nSPS) is 18.5. The van der Waals surface area contributed by atoms with Crippen LogP contribution in [0.5, 0.6) is 0 Å². The minimum atomic E-state index is -0.501. The van der Waals surface area contributed by atoms with Crippen molar-refractivity contribution in [2.75, 3.05) is 16.0 Å². The van der Waals surface area contributed by atoms with Crippen LogP contribution >= 0.6 is 11.6 Å². The Balaban J connectivity index is 1.78. The molecule has 1 aliphatic rings. The second-order valence-corrected chi connectivity index (χ2v) is 7.71. The third-order valence-electron chi connectivity index (χ3n) is 4.96. The lowest BCUT2D eigenvalue weighted by Crippen LogP contribution is -2.34. The van der Waals surface area contributed by atoms with Crippen LogP contribution in [0.2, 0.25) is 5.02 Å². The predicted molar refractivity (Wildman–Crippen MR) is 119 cm³/mol. The molecule has 3 rings (SSSR count). The van der Waals surface area contributed by atoms with E-state index in [0.717, 1.165) is 19.3 Å². The van der Waals surface area contributed by atoms with Gasteiger partial charge in [0.25, 0.3) is 0 Å². The second-order valence-electron chi connectivity index (χ2n) is 7.30. The Kier molecular flexibility index (Phi) is 7.41. The summed E-state index contributed by atoms with van der Waals surface area (Å²) in [4.78, 5) is 32.0. The summed E-state index contributed by atoms with van der Waals surface area (Å²) in [6, 6.07) is 3.95. The Morgan fingerprint density at radius 2 is 2.10 bits per heavy atom. The largest absolute Gasteiger partial charge is 0.369 e. The second kappa shape index (κ2) is 10.2. The zero-order chi connectivity index (χ0) is 22.4. The van der Waals surface area contributed by atoms with E-state index in [4.69, 9.17) is 17.3 Å². The fraction of sp³-hybridized carbons (Fsp3) is 0.333. The summed E-state index contributed by atoms with van der Waals surface area (Å²) in [7, 11) is 0. The van der Waals surface area contributed by atoms with Gasteiger partial charge in [-0.3, -0.25) is 9.59 Å². The zero-order valence-corrected chi connectivity index (χ0v) is 17.7. The highest BCUT2D eigenvalue weighted by Crippen LogP contribution is 2.31. The highest BCUT2D eigenvalue weighted by molar-refractivity contribution is 6.33. The van der Waals surface area contributed by atoms with Gasteiger partial charge in [0.15, 0.2) is 5.82 Å². The highest BCUT2D eigenvalue weighted by atomic mass is 35.5. The Morgan fingerprint density at radius 3 is 2.84 bits per heavy atom. The third kappa shape index (κ3) is 6.14.